The van der Waals surface area contributed by atoms with E-state index in [1.54, 1.807) is 0 Å². The minimum absolute atomic E-state index is 0.716. The van der Waals surface area contributed by atoms with Crippen LogP contribution in [0, 0.1) is 13.8 Å². The van der Waals surface area contributed by atoms with E-state index in [1.807, 2.05) is 30.4 Å². The fourth-order valence-electron chi connectivity index (χ4n) is 1.40. The number of aryl methyl sites for hydroxylation is 2. The summed E-state index contributed by atoms with van der Waals surface area (Å²) in [5, 5.41) is 0. The summed E-state index contributed by atoms with van der Waals surface area (Å²) in [5.74, 6) is 0.716. The van der Waals surface area contributed by atoms with Gasteiger partial charge in [0.25, 0.3) is 0 Å². The molecule has 2 N–H and O–H groups in total. The first-order chi connectivity index (χ1) is 6.11. The Morgan fingerprint density at radius 1 is 1.38 bits per heavy atom. The summed E-state index contributed by atoms with van der Waals surface area (Å²) in [6.07, 6.45) is 0. The van der Waals surface area contributed by atoms with Gasteiger partial charge in [0.1, 0.15) is 11.5 Å². The van der Waals surface area contributed by atoms with Crippen LogP contribution in [-0.2, 0) is 0 Å². The molecule has 0 spiro atoms. The summed E-state index contributed by atoms with van der Waals surface area (Å²) in [5.41, 5.74) is 8.74. The van der Waals surface area contributed by atoms with Crippen molar-refractivity contribution >= 4 is 27.4 Å². The lowest BCUT2D eigenvalue weighted by molar-refractivity contribution is 1.09. The van der Waals surface area contributed by atoms with E-state index in [4.69, 9.17) is 5.73 Å². The van der Waals surface area contributed by atoms with E-state index >= 15 is 0 Å². The van der Waals surface area contributed by atoms with E-state index < -0.39 is 0 Å². The van der Waals surface area contributed by atoms with Gasteiger partial charge in [-0.3, -0.25) is 4.40 Å². The molecule has 3 nitrogen and oxygen atoms in total. The van der Waals surface area contributed by atoms with Crippen LogP contribution in [0.25, 0.3) is 5.65 Å². The molecule has 13 heavy (non-hydrogen) atoms. The van der Waals surface area contributed by atoms with Crippen LogP contribution in [0.4, 0.5) is 5.82 Å². The number of nitrogens with two attached hydrogens (primary N) is 1. The zero-order chi connectivity index (χ0) is 9.59. The Bertz CT molecular complexity index is 473. The number of anilines is 1. The molecule has 0 aliphatic heterocycles. The second-order valence-corrected chi connectivity index (χ2v) is 3.90. The Balaban J connectivity index is 2.97. The third kappa shape index (κ3) is 1.13. The van der Waals surface area contributed by atoms with E-state index in [2.05, 4.69) is 20.9 Å². The lowest BCUT2D eigenvalue weighted by atomic mass is 10.3. The van der Waals surface area contributed by atoms with Crippen molar-refractivity contribution in [3.63, 3.8) is 0 Å². The fraction of sp³-hybridized carbons (Fsp3) is 0.222. The average molecular weight is 240 g/mol. The molecule has 4 heteroatoms. The molecule has 0 radical (unpaired) electrons. The van der Waals surface area contributed by atoms with E-state index in [1.165, 1.54) is 0 Å². The fourth-order valence-corrected chi connectivity index (χ4v) is 1.71. The summed E-state index contributed by atoms with van der Waals surface area (Å²) in [7, 11) is 0. The second kappa shape index (κ2) is 2.73. The lowest BCUT2D eigenvalue weighted by Crippen LogP contribution is -1.98. The highest BCUT2D eigenvalue weighted by atomic mass is 79.9. The predicted octanol–water partition coefficient (Wildman–Crippen LogP) is 2.30. The second-order valence-electron chi connectivity index (χ2n) is 3.04. The van der Waals surface area contributed by atoms with Gasteiger partial charge < -0.3 is 5.73 Å². The molecule has 0 saturated carbocycles. The highest BCUT2D eigenvalue weighted by Gasteiger charge is 2.08. The van der Waals surface area contributed by atoms with Crippen molar-refractivity contribution in [2.24, 2.45) is 0 Å². The third-order valence-corrected chi connectivity index (χ3v) is 3.02. The number of hydrogen-bond donors (Lipinski definition) is 1. The molecule has 0 unspecified atom stereocenters. The molecule has 2 rings (SSSR count). The van der Waals surface area contributed by atoms with E-state index in [0.717, 1.165) is 21.5 Å². The van der Waals surface area contributed by atoms with Crippen LogP contribution in [0.15, 0.2) is 16.6 Å². The standard InChI is InChI=1S/C9H10BrN3/c1-5-9(11)13-6(2)7(10)3-4-8(13)12-5/h3-4H,11H2,1-2H3. The van der Waals surface area contributed by atoms with E-state index in [-0.39, 0.29) is 0 Å². The van der Waals surface area contributed by atoms with Gasteiger partial charge >= 0.3 is 0 Å². The summed E-state index contributed by atoms with van der Waals surface area (Å²) in [6, 6.07) is 3.93. The highest BCUT2D eigenvalue weighted by Crippen LogP contribution is 2.22. The molecule has 2 heterocycles. The molecule has 0 atom stereocenters. The summed E-state index contributed by atoms with van der Waals surface area (Å²) < 4.78 is 2.99. The molecule has 0 amide bonds. The molecule has 0 saturated heterocycles. The topological polar surface area (TPSA) is 43.3 Å². The smallest absolute Gasteiger partial charge is 0.138 e. The predicted molar refractivity (Wildman–Crippen MR) is 56.8 cm³/mol. The zero-order valence-electron chi connectivity index (χ0n) is 7.50. The van der Waals surface area contributed by atoms with Crippen molar-refractivity contribution in [1.82, 2.24) is 9.38 Å². The van der Waals surface area contributed by atoms with Gasteiger partial charge in [-0.1, -0.05) is 0 Å². The van der Waals surface area contributed by atoms with Gasteiger partial charge in [-0.15, -0.1) is 0 Å². The van der Waals surface area contributed by atoms with Crippen LogP contribution in [0.1, 0.15) is 11.4 Å². The number of aromatic nitrogens is 2. The van der Waals surface area contributed by atoms with Gasteiger partial charge in [-0.2, -0.15) is 0 Å². The molecule has 68 valence electrons. The largest absolute Gasteiger partial charge is 0.383 e. The van der Waals surface area contributed by atoms with Crippen LogP contribution < -0.4 is 5.73 Å². The first-order valence-electron chi connectivity index (χ1n) is 4.01. The summed E-state index contributed by atoms with van der Waals surface area (Å²) in [4.78, 5) is 4.33. The maximum atomic E-state index is 5.89. The maximum absolute atomic E-state index is 5.89. The molecule has 0 bridgehead atoms. The first kappa shape index (κ1) is 8.56. The number of halogens is 1. The van der Waals surface area contributed by atoms with Crippen LogP contribution in [0.3, 0.4) is 0 Å². The van der Waals surface area contributed by atoms with Gasteiger partial charge in [0, 0.05) is 10.2 Å². The molecule has 2 aromatic rings. The van der Waals surface area contributed by atoms with Crippen LogP contribution in [0.2, 0.25) is 0 Å². The van der Waals surface area contributed by atoms with Crippen molar-refractivity contribution in [1.29, 1.82) is 0 Å². The van der Waals surface area contributed by atoms with Crippen molar-refractivity contribution < 1.29 is 0 Å². The Morgan fingerprint density at radius 2 is 2.08 bits per heavy atom. The van der Waals surface area contributed by atoms with E-state index in [0.29, 0.717) is 5.82 Å². The highest BCUT2D eigenvalue weighted by molar-refractivity contribution is 9.10. The SMILES string of the molecule is Cc1nc2ccc(Br)c(C)n2c1N. The monoisotopic (exact) mass is 239 g/mol. The third-order valence-electron chi connectivity index (χ3n) is 2.18. The van der Waals surface area contributed by atoms with Crippen molar-refractivity contribution in [3.8, 4) is 0 Å². The van der Waals surface area contributed by atoms with Crippen LogP contribution in [0.5, 0.6) is 0 Å². The normalized spacial score (nSPS) is 11.0. The van der Waals surface area contributed by atoms with Crippen LogP contribution >= 0.6 is 15.9 Å². The number of hydrogen-bond acceptors (Lipinski definition) is 2. The minimum atomic E-state index is 0.716. The number of imidazole rings is 1. The maximum Gasteiger partial charge on any atom is 0.138 e. The average Bonchev–Trinajstić information content (AvgIpc) is 2.37. The Kier molecular flexibility index (Phi) is 1.80. The Labute approximate surface area is 84.7 Å². The van der Waals surface area contributed by atoms with Gasteiger partial charge in [0.05, 0.1) is 5.69 Å². The molecular weight excluding hydrogens is 230 g/mol. The Hall–Kier alpha value is -1.03. The number of pyridine rings is 1. The molecular formula is C9H10BrN3. The number of nitrogens with zero attached hydrogens (tertiary/aromatic N) is 2. The molecule has 0 aliphatic carbocycles. The molecule has 0 aliphatic rings. The summed E-state index contributed by atoms with van der Waals surface area (Å²) in [6.45, 7) is 3.92. The van der Waals surface area contributed by atoms with Crippen molar-refractivity contribution in [3.05, 3.63) is 28.0 Å². The zero-order valence-corrected chi connectivity index (χ0v) is 9.09. The quantitative estimate of drug-likeness (QED) is 0.767. The lowest BCUT2D eigenvalue weighted by Gasteiger charge is -2.03. The number of nitrogen functional groups attached to an aromatic ring is 1. The van der Waals surface area contributed by atoms with Crippen molar-refractivity contribution in [2.45, 2.75) is 13.8 Å². The van der Waals surface area contributed by atoms with Crippen LogP contribution in [-0.4, -0.2) is 9.38 Å². The first-order valence-corrected chi connectivity index (χ1v) is 4.80. The molecule has 2 aromatic heterocycles. The molecule has 0 aromatic carbocycles. The van der Waals surface area contributed by atoms with Gasteiger partial charge in [0.2, 0.25) is 0 Å². The minimum Gasteiger partial charge on any atom is -0.383 e. The van der Waals surface area contributed by atoms with Crippen molar-refractivity contribution in [2.75, 3.05) is 5.73 Å². The molecule has 0 fully saturated rings. The van der Waals surface area contributed by atoms with Gasteiger partial charge in [0.15, 0.2) is 0 Å². The van der Waals surface area contributed by atoms with Gasteiger partial charge in [-0.05, 0) is 41.9 Å². The number of rotatable bonds is 0. The number of fused-ring (bicyclic) bond motifs is 1. The van der Waals surface area contributed by atoms with Gasteiger partial charge in [-0.25, -0.2) is 4.98 Å². The summed E-state index contributed by atoms with van der Waals surface area (Å²) >= 11 is 3.46. The van der Waals surface area contributed by atoms with E-state index in [9.17, 15) is 0 Å². The Morgan fingerprint density at radius 3 is 2.77 bits per heavy atom.